The minimum absolute atomic E-state index is 0.0144. The van der Waals surface area contributed by atoms with Crippen LogP contribution in [0, 0.1) is 11.8 Å². The summed E-state index contributed by atoms with van der Waals surface area (Å²) in [4.78, 5) is 25.9. The van der Waals surface area contributed by atoms with E-state index >= 15 is 0 Å². The Labute approximate surface area is 187 Å². The summed E-state index contributed by atoms with van der Waals surface area (Å²) in [7, 11) is -2.65. The van der Waals surface area contributed by atoms with Gasteiger partial charge >= 0.3 is 5.97 Å². The van der Waals surface area contributed by atoms with E-state index in [1.54, 1.807) is 23.5 Å². The number of methoxy groups -OCH3 is 1. The number of carbonyl (C=O) groups is 2. The fourth-order valence-electron chi connectivity index (χ4n) is 3.77. The Morgan fingerprint density at radius 2 is 1.81 bits per heavy atom. The third-order valence-electron chi connectivity index (χ3n) is 5.55. The smallest absolute Gasteiger partial charge is 0.339 e. The molecule has 0 aliphatic carbocycles. The van der Waals surface area contributed by atoms with Gasteiger partial charge in [-0.05, 0) is 42.3 Å². The predicted molar refractivity (Wildman–Crippen MR) is 119 cm³/mol. The van der Waals surface area contributed by atoms with Crippen molar-refractivity contribution in [3.63, 3.8) is 0 Å². The molecule has 1 unspecified atom stereocenters. The molecule has 7 nitrogen and oxygen atoms in total. The molecule has 1 fully saturated rings. The molecule has 9 heteroatoms. The van der Waals surface area contributed by atoms with Crippen LogP contribution in [0.3, 0.4) is 0 Å². The van der Waals surface area contributed by atoms with Gasteiger partial charge in [0.05, 0.1) is 23.6 Å². The van der Waals surface area contributed by atoms with Gasteiger partial charge in [-0.15, -0.1) is 11.3 Å². The van der Waals surface area contributed by atoms with E-state index in [2.05, 4.69) is 19.2 Å². The van der Waals surface area contributed by atoms with E-state index < -0.39 is 16.0 Å². The zero-order chi connectivity index (χ0) is 22.6. The second-order valence-corrected chi connectivity index (χ2v) is 10.8. The Hall–Kier alpha value is -2.23. The molecule has 168 valence electrons. The third kappa shape index (κ3) is 5.16. The second kappa shape index (κ2) is 9.93. The summed E-state index contributed by atoms with van der Waals surface area (Å²) >= 11 is 1.61. The number of ether oxygens (including phenoxy) is 1. The summed E-state index contributed by atoms with van der Waals surface area (Å²) in [6.45, 7) is 4.58. The zero-order valence-corrected chi connectivity index (χ0v) is 19.5. The van der Waals surface area contributed by atoms with Crippen LogP contribution >= 0.6 is 11.3 Å². The average Bonchev–Trinajstić information content (AvgIpc) is 3.31. The number of nitrogens with zero attached hydrogens (tertiary/aromatic N) is 1. The number of sulfonamides is 1. The standard InChI is InChI=1S/C22H28N2O5S2/c1-15(2)20(18-8-6-14-30-18)23-21(25)16-10-12-24(13-11-16)31(27,28)19-9-5-4-7-17(19)22(26)29-3/h4-9,14-16,20H,10-13H2,1-3H3,(H,23,25). The van der Waals surface area contributed by atoms with Gasteiger partial charge in [0.2, 0.25) is 15.9 Å². The number of thiophene rings is 1. The highest BCUT2D eigenvalue weighted by molar-refractivity contribution is 7.89. The largest absolute Gasteiger partial charge is 0.465 e. The van der Waals surface area contributed by atoms with E-state index in [-0.39, 0.29) is 47.3 Å². The molecule has 3 rings (SSSR count). The molecule has 0 bridgehead atoms. The van der Waals surface area contributed by atoms with Gasteiger partial charge in [-0.25, -0.2) is 13.2 Å². The monoisotopic (exact) mass is 464 g/mol. The molecule has 1 aliphatic rings. The van der Waals surface area contributed by atoms with Gasteiger partial charge in [-0.3, -0.25) is 4.79 Å². The van der Waals surface area contributed by atoms with E-state index in [0.717, 1.165) is 4.88 Å². The number of piperidine rings is 1. The number of rotatable bonds is 7. The number of amides is 1. The number of nitrogens with one attached hydrogen (secondary N) is 1. The van der Waals surface area contributed by atoms with Crippen LogP contribution in [-0.4, -0.2) is 44.8 Å². The number of carbonyl (C=O) groups excluding carboxylic acids is 2. The van der Waals surface area contributed by atoms with Crippen molar-refractivity contribution in [2.75, 3.05) is 20.2 Å². The Morgan fingerprint density at radius 1 is 1.13 bits per heavy atom. The Morgan fingerprint density at radius 3 is 2.39 bits per heavy atom. The first-order chi connectivity index (χ1) is 14.8. The van der Waals surface area contributed by atoms with Gasteiger partial charge in [0.1, 0.15) is 0 Å². The molecule has 0 saturated carbocycles. The maximum Gasteiger partial charge on any atom is 0.339 e. The maximum atomic E-state index is 13.1. The lowest BCUT2D eigenvalue weighted by Crippen LogP contribution is -2.44. The Kier molecular flexibility index (Phi) is 7.51. The molecule has 1 aromatic heterocycles. The van der Waals surface area contributed by atoms with Crippen molar-refractivity contribution in [2.45, 2.75) is 37.6 Å². The highest BCUT2D eigenvalue weighted by Crippen LogP contribution is 2.29. The predicted octanol–water partition coefficient (Wildman–Crippen LogP) is 3.45. The van der Waals surface area contributed by atoms with Crippen LogP contribution < -0.4 is 5.32 Å². The van der Waals surface area contributed by atoms with E-state index in [0.29, 0.717) is 12.8 Å². The van der Waals surface area contributed by atoms with Gasteiger partial charge in [0, 0.05) is 23.9 Å². The summed E-state index contributed by atoms with van der Waals surface area (Å²) in [5.74, 6) is -0.734. The van der Waals surface area contributed by atoms with Crippen molar-refractivity contribution in [1.82, 2.24) is 9.62 Å². The molecule has 1 N–H and O–H groups in total. The van der Waals surface area contributed by atoms with Gasteiger partial charge < -0.3 is 10.1 Å². The highest BCUT2D eigenvalue weighted by Gasteiger charge is 2.35. The molecule has 1 atom stereocenters. The van der Waals surface area contributed by atoms with Gasteiger partial charge in [0.25, 0.3) is 0 Å². The summed E-state index contributed by atoms with van der Waals surface area (Å²) in [6.07, 6.45) is 0.863. The van der Waals surface area contributed by atoms with E-state index in [9.17, 15) is 18.0 Å². The number of benzene rings is 1. The number of esters is 1. The fourth-order valence-corrected chi connectivity index (χ4v) is 6.37. The zero-order valence-electron chi connectivity index (χ0n) is 17.9. The van der Waals surface area contributed by atoms with Crippen molar-refractivity contribution >= 4 is 33.2 Å². The van der Waals surface area contributed by atoms with Crippen LogP contribution in [0.2, 0.25) is 0 Å². The number of hydrogen-bond acceptors (Lipinski definition) is 6. The fraction of sp³-hybridized carbons (Fsp3) is 0.455. The quantitative estimate of drug-likeness (QED) is 0.634. The van der Waals surface area contributed by atoms with E-state index in [4.69, 9.17) is 4.74 Å². The van der Waals surface area contributed by atoms with E-state index in [1.165, 1.54) is 23.5 Å². The second-order valence-electron chi connectivity index (χ2n) is 7.91. The van der Waals surface area contributed by atoms with Crippen LogP contribution in [0.5, 0.6) is 0 Å². The molecule has 2 aromatic rings. The van der Waals surface area contributed by atoms with Crippen LogP contribution in [0.15, 0.2) is 46.7 Å². The molecule has 1 aliphatic heterocycles. The van der Waals surface area contributed by atoms with Crippen LogP contribution in [0.1, 0.15) is 48.0 Å². The van der Waals surface area contributed by atoms with Gasteiger partial charge in [-0.1, -0.05) is 32.0 Å². The van der Waals surface area contributed by atoms with Gasteiger partial charge in [0.15, 0.2) is 0 Å². The SMILES string of the molecule is COC(=O)c1ccccc1S(=O)(=O)N1CCC(C(=O)NC(c2cccs2)C(C)C)CC1. The molecular weight excluding hydrogens is 436 g/mol. The summed E-state index contributed by atoms with van der Waals surface area (Å²) < 4.78 is 32.4. The number of hydrogen-bond donors (Lipinski definition) is 1. The van der Waals surface area contributed by atoms with Crippen molar-refractivity contribution in [1.29, 1.82) is 0 Å². The molecule has 31 heavy (non-hydrogen) atoms. The summed E-state index contributed by atoms with van der Waals surface area (Å²) in [6, 6.07) is 9.96. The minimum Gasteiger partial charge on any atom is -0.465 e. The van der Waals surface area contributed by atoms with Crippen molar-refractivity contribution in [3.05, 3.63) is 52.2 Å². The lowest BCUT2D eigenvalue weighted by atomic mass is 9.95. The molecule has 1 saturated heterocycles. The molecular formula is C22H28N2O5S2. The van der Waals surface area contributed by atoms with Gasteiger partial charge in [-0.2, -0.15) is 4.31 Å². The van der Waals surface area contributed by atoms with Crippen LogP contribution in [0.4, 0.5) is 0 Å². The first kappa shape index (κ1) is 23.4. The average molecular weight is 465 g/mol. The molecule has 1 amide bonds. The molecule has 1 aromatic carbocycles. The van der Waals surface area contributed by atoms with Crippen molar-refractivity contribution < 1.29 is 22.7 Å². The van der Waals surface area contributed by atoms with E-state index in [1.807, 2.05) is 17.5 Å². The third-order valence-corrected chi connectivity index (χ3v) is 8.46. The van der Waals surface area contributed by atoms with Crippen molar-refractivity contribution in [2.24, 2.45) is 11.8 Å². The topological polar surface area (TPSA) is 92.8 Å². The first-order valence-electron chi connectivity index (χ1n) is 10.3. The summed E-state index contributed by atoms with van der Waals surface area (Å²) in [5, 5.41) is 5.14. The maximum absolute atomic E-state index is 13.1. The summed E-state index contributed by atoms with van der Waals surface area (Å²) in [5.41, 5.74) is 0.0144. The van der Waals surface area contributed by atoms with Crippen LogP contribution in [0.25, 0.3) is 0 Å². The molecule has 0 radical (unpaired) electrons. The lowest BCUT2D eigenvalue weighted by Gasteiger charge is -2.32. The van der Waals surface area contributed by atoms with Crippen molar-refractivity contribution in [3.8, 4) is 0 Å². The van der Waals surface area contributed by atoms with Crippen LogP contribution in [-0.2, 0) is 19.6 Å². The Balaban J connectivity index is 1.68. The highest BCUT2D eigenvalue weighted by atomic mass is 32.2. The lowest BCUT2D eigenvalue weighted by molar-refractivity contribution is -0.127. The molecule has 0 spiro atoms. The normalized spacial score (nSPS) is 16.8. The minimum atomic E-state index is -3.87. The molecule has 2 heterocycles. The first-order valence-corrected chi connectivity index (χ1v) is 12.6. The Bertz CT molecular complexity index is 1010.